The highest BCUT2D eigenvalue weighted by Crippen LogP contribution is 2.29. The lowest BCUT2D eigenvalue weighted by atomic mass is 10.1. The molecule has 0 aliphatic carbocycles. The number of hydrogen-bond acceptors (Lipinski definition) is 5. The van der Waals surface area contributed by atoms with Crippen molar-refractivity contribution >= 4 is 11.8 Å². The van der Waals surface area contributed by atoms with Gasteiger partial charge in [-0.25, -0.2) is 0 Å². The third kappa shape index (κ3) is 1.86. The fourth-order valence-corrected chi connectivity index (χ4v) is 2.37. The van der Waals surface area contributed by atoms with Gasteiger partial charge >= 0.3 is 0 Å². The average Bonchev–Trinajstić information content (AvgIpc) is 2.32. The van der Waals surface area contributed by atoms with E-state index in [1.807, 2.05) is 0 Å². The summed E-state index contributed by atoms with van der Waals surface area (Å²) in [6.07, 6.45) is -2.62. The summed E-state index contributed by atoms with van der Waals surface area (Å²) in [5.41, 5.74) is 0. The summed E-state index contributed by atoms with van der Waals surface area (Å²) in [6, 6.07) is 0. The minimum absolute atomic E-state index is 0.374. The number of rotatable bonds is 2. The van der Waals surface area contributed by atoms with Gasteiger partial charge in [0.05, 0.1) is 30.2 Å². The first-order valence-electron chi connectivity index (χ1n) is 3.43. The summed E-state index contributed by atoms with van der Waals surface area (Å²) in [6.45, 7) is -0.374. The van der Waals surface area contributed by atoms with E-state index in [-0.39, 0.29) is 6.61 Å². The van der Waals surface area contributed by atoms with Crippen molar-refractivity contribution in [3.63, 3.8) is 0 Å². The zero-order chi connectivity index (χ0) is 8.43. The summed E-state index contributed by atoms with van der Waals surface area (Å²) in [7, 11) is 0. The molecule has 0 radical (unpaired) electrons. The smallest absolute Gasteiger partial charge is 0.0951 e. The molecule has 4 nitrogen and oxygen atoms in total. The lowest BCUT2D eigenvalue weighted by molar-refractivity contribution is 0.000870. The first-order valence-corrected chi connectivity index (χ1v) is 4.48. The third-order valence-electron chi connectivity index (χ3n) is 1.76. The molecule has 1 fully saturated rings. The van der Waals surface area contributed by atoms with Gasteiger partial charge in [-0.2, -0.15) is 11.8 Å². The molecule has 0 saturated carbocycles. The molecule has 0 bridgehead atoms. The van der Waals surface area contributed by atoms with E-state index in [4.69, 9.17) is 15.3 Å². The van der Waals surface area contributed by atoms with Crippen LogP contribution in [0, 0.1) is 0 Å². The van der Waals surface area contributed by atoms with Crippen molar-refractivity contribution in [3.8, 4) is 0 Å². The molecule has 4 atom stereocenters. The number of hydrogen-bond donors (Lipinski definition) is 4. The first-order chi connectivity index (χ1) is 5.16. The normalized spacial score (nSPS) is 40.9. The minimum atomic E-state index is -0.938. The van der Waals surface area contributed by atoms with Gasteiger partial charge in [0.15, 0.2) is 0 Å². The summed E-state index contributed by atoms with van der Waals surface area (Å²) < 4.78 is 0. The number of aliphatic hydroxyl groups is 4. The largest absolute Gasteiger partial charge is 0.394 e. The molecule has 5 heteroatoms. The van der Waals surface area contributed by atoms with Gasteiger partial charge in [-0.15, -0.1) is 0 Å². The molecule has 1 rings (SSSR count). The Hall–Kier alpha value is 0.190. The van der Waals surface area contributed by atoms with E-state index in [1.54, 1.807) is 0 Å². The predicted octanol–water partition coefficient (Wildman–Crippen LogP) is -1.82. The van der Waals surface area contributed by atoms with Gasteiger partial charge in [0.1, 0.15) is 0 Å². The Kier molecular flexibility index (Phi) is 3.15. The van der Waals surface area contributed by atoms with Gasteiger partial charge in [0, 0.05) is 5.75 Å². The maximum Gasteiger partial charge on any atom is 0.0951 e. The molecule has 1 aliphatic rings. The maximum absolute atomic E-state index is 9.22. The van der Waals surface area contributed by atoms with Crippen LogP contribution in [0.15, 0.2) is 0 Å². The van der Waals surface area contributed by atoms with E-state index in [1.165, 1.54) is 11.8 Å². The number of thioether (sulfide) groups is 1. The van der Waals surface area contributed by atoms with Gasteiger partial charge in [-0.1, -0.05) is 0 Å². The van der Waals surface area contributed by atoms with Crippen molar-refractivity contribution < 1.29 is 20.4 Å². The van der Waals surface area contributed by atoms with Gasteiger partial charge in [0.25, 0.3) is 0 Å². The minimum Gasteiger partial charge on any atom is -0.394 e. The van der Waals surface area contributed by atoms with Crippen LogP contribution in [-0.4, -0.2) is 56.3 Å². The molecule has 0 aromatic rings. The van der Waals surface area contributed by atoms with Crippen molar-refractivity contribution in [2.24, 2.45) is 0 Å². The second kappa shape index (κ2) is 3.73. The zero-order valence-corrected chi connectivity index (χ0v) is 6.74. The second-order valence-corrected chi connectivity index (χ2v) is 3.82. The number of aliphatic hydroxyl groups excluding tert-OH is 4. The predicted molar refractivity (Wildman–Crippen MR) is 41.4 cm³/mol. The fraction of sp³-hybridized carbons (Fsp3) is 1.00. The first kappa shape index (κ1) is 9.28. The van der Waals surface area contributed by atoms with E-state index in [0.29, 0.717) is 5.75 Å². The van der Waals surface area contributed by atoms with Crippen LogP contribution in [0.4, 0.5) is 0 Å². The quantitative estimate of drug-likeness (QED) is 0.402. The van der Waals surface area contributed by atoms with Gasteiger partial charge in [0.2, 0.25) is 0 Å². The van der Waals surface area contributed by atoms with Crippen LogP contribution in [0.1, 0.15) is 0 Å². The summed E-state index contributed by atoms with van der Waals surface area (Å²) in [5.74, 6) is 0.420. The molecule has 0 aromatic carbocycles. The molecule has 1 aliphatic heterocycles. The van der Waals surface area contributed by atoms with Crippen LogP contribution in [0.3, 0.4) is 0 Å². The van der Waals surface area contributed by atoms with Crippen LogP contribution in [0.2, 0.25) is 0 Å². The van der Waals surface area contributed by atoms with Crippen LogP contribution in [0.25, 0.3) is 0 Å². The molecule has 0 aromatic heterocycles. The van der Waals surface area contributed by atoms with E-state index in [9.17, 15) is 5.11 Å². The van der Waals surface area contributed by atoms with E-state index < -0.39 is 23.6 Å². The van der Waals surface area contributed by atoms with Crippen molar-refractivity contribution in [3.05, 3.63) is 0 Å². The van der Waals surface area contributed by atoms with E-state index in [2.05, 4.69) is 0 Å². The molecule has 1 heterocycles. The topological polar surface area (TPSA) is 80.9 Å². The summed E-state index contributed by atoms with van der Waals surface area (Å²) >= 11 is 1.28. The standard InChI is InChI=1S/C6H12O4S/c7-1-3(8)6-5(10)4(9)2-11-6/h3-10H,1-2H2/t3-,4+,5+,6-/m0/s1. The Balaban J connectivity index is 2.47. The van der Waals surface area contributed by atoms with E-state index in [0.717, 1.165) is 0 Å². The van der Waals surface area contributed by atoms with Crippen LogP contribution < -0.4 is 0 Å². The Morgan fingerprint density at radius 3 is 2.45 bits per heavy atom. The Morgan fingerprint density at radius 1 is 1.45 bits per heavy atom. The molecule has 4 N–H and O–H groups in total. The zero-order valence-electron chi connectivity index (χ0n) is 5.92. The molecule has 0 unspecified atom stereocenters. The van der Waals surface area contributed by atoms with Gasteiger partial charge in [-0.05, 0) is 0 Å². The molecule has 0 spiro atoms. The van der Waals surface area contributed by atoms with Crippen molar-refractivity contribution in [1.29, 1.82) is 0 Å². The highest BCUT2D eigenvalue weighted by molar-refractivity contribution is 8.00. The monoisotopic (exact) mass is 180 g/mol. The molecule has 1 saturated heterocycles. The van der Waals surface area contributed by atoms with Gasteiger partial charge in [-0.3, -0.25) is 0 Å². The van der Waals surface area contributed by atoms with Crippen molar-refractivity contribution in [1.82, 2.24) is 0 Å². The molecule has 66 valence electrons. The highest BCUT2D eigenvalue weighted by Gasteiger charge is 2.38. The lowest BCUT2D eigenvalue weighted by Crippen LogP contribution is -2.38. The maximum atomic E-state index is 9.22. The SMILES string of the molecule is OC[C@H](O)[C@@H]1SC[C@@H](O)[C@H]1O. The Labute approximate surface area is 68.9 Å². The molecule has 11 heavy (non-hydrogen) atoms. The van der Waals surface area contributed by atoms with Gasteiger partial charge < -0.3 is 20.4 Å². The average molecular weight is 180 g/mol. The molecule has 0 amide bonds. The highest BCUT2D eigenvalue weighted by atomic mass is 32.2. The Bertz CT molecular complexity index is 132. The third-order valence-corrected chi connectivity index (χ3v) is 3.27. The van der Waals surface area contributed by atoms with Crippen LogP contribution >= 0.6 is 11.8 Å². The van der Waals surface area contributed by atoms with Crippen molar-refractivity contribution in [2.75, 3.05) is 12.4 Å². The van der Waals surface area contributed by atoms with Crippen LogP contribution in [-0.2, 0) is 0 Å². The Morgan fingerprint density at radius 2 is 2.09 bits per heavy atom. The lowest BCUT2D eigenvalue weighted by Gasteiger charge is -2.19. The summed E-state index contributed by atoms with van der Waals surface area (Å²) in [5, 5.41) is 35.5. The molecular weight excluding hydrogens is 168 g/mol. The van der Waals surface area contributed by atoms with Crippen LogP contribution in [0.5, 0.6) is 0 Å². The van der Waals surface area contributed by atoms with Crippen molar-refractivity contribution in [2.45, 2.75) is 23.6 Å². The van der Waals surface area contributed by atoms with E-state index >= 15 is 0 Å². The molecular formula is C6H12O4S. The second-order valence-electron chi connectivity index (χ2n) is 2.61. The summed E-state index contributed by atoms with van der Waals surface area (Å²) in [4.78, 5) is 0. The fourth-order valence-electron chi connectivity index (χ4n) is 1.07.